The van der Waals surface area contributed by atoms with Crippen molar-refractivity contribution in [3.63, 3.8) is 0 Å². The fourth-order valence-electron chi connectivity index (χ4n) is 2.04. The van der Waals surface area contributed by atoms with Crippen LogP contribution in [0.2, 0.25) is 0 Å². The Bertz CT molecular complexity index is 534. The maximum atomic E-state index is 5.85. The average molecular weight is 259 g/mol. The van der Waals surface area contributed by atoms with E-state index in [1.165, 1.54) is 0 Å². The second-order valence-electron chi connectivity index (χ2n) is 4.58. The first-order valence-electron chi connectivity index (χ1n) is 6.74. The molecule has 0 aliphatic carbocycles. The Morgan fingerprint density at radius 3 is 2.84 bits per heavy atom. The molecule has 102 valence electrons. The summed E-state index contributed by atoms with van der Waals surface area (Å²) < 4.78 is 5.85. The second-order valence-corrected chi connectivity index (χ2v) is 4.58. The summed E-state index contributed by atoms with van der Waals surface area (Å²) in [6.45, 7) is 5.34. The van der Waals surface area contributed by atoms with Crippen LogP contribution in [-0.2, 0) is 6.54 Å². The Hall–Kier alpha value is -1.81. The fraction of sp³-hybridized carbons (Fsp3) is 0.400. The number of nitrogens with one attached hydrogen (secondary N) is 1. The van der Waals surface area contributed by atoms with E-state index in [-0.39, 0.29) is 0 Å². The Morgan fingerprint density at radius 1 is 1.32 bits per heavy atom. The zero-order valence-electron chi connectivity index (χ0n) is 11.6. The van der Waals surface area contributed by atoms with Crippen molar-refractivity contribution in [2.75, 3.05) is 6.61 Å². The summed E-state index contributed by atoms with van der Waals surface area (Å²) in [5.41, 5.74) is 9.77. The molecule has 4 nitrogen and oxygen atoms in total. The van der Waals surface area contributed by atoms with Crippen molar-refractivity contribution in [2.45, 2.75) is 33.2 Å². The number of ether oxygens (including phenoxy) is 1. The summed E-state index contributed by atoms with van der Waals surface area (Å²) in [5, 5.41) is 7.36. The molecule has 1 aromatic heterocycles. The predicted octanol–water partition coefficient (Wildman–Crippen LogP) is 3.02. The molecular weight excluding hydrogens is 238 g/mol. The van der Waals surface area contributed by atoms with Gasteiger partial charge in [0.15, 0.2) is 0 Å². The molecule has 3 N–H and O–H groups in total. The summed E-state index contributed by atoms with van der Waals surface area (Å²) in [5.74, 6) is 0.872. The fourth-order valence-corrected chi connectivity index (χ4v) is 2.04. The standard InChI is InChI=1S/C15H21N3O/c1-3-4-9-19-14-8-6-5-7-12(14)15-13(10-16)11(2)17-18-15/h5-8H,3-4,9-10,16H2,1-2H3,(H,17,18). The average Bonchev–Trinajstić information content (AvgIpc) is 2.80. The lowest BCUT2D eigenvalue weighted by atomic mass is 10.1. The number of hydrogen-bond acceptors (Lipinski definition) is 3. The SMILES string of the molecule is CCCCOc1ccccc1-c1n[nH]c(C)c1CN. The first kappa shape index (κ1) is 13.6. The number of H-pyrrole nitrogens is 1. The van der Waals surface area contributed by atoms with Gasteiger partial charge in [-0.3, -0.25) is 5.10 Å². The predicted molar refractivity (Wildman–Crippen MR) is 77.1 cm³/mol. The summed E-state index contributed by atoms with van der Waals surface area (Å²) in [7, 11) is 0. The molecule has 1 aromatic carbocycles. The zero-order valence-corrected chi connectivity index (χ0v) is 11.6. The number of aromatic amines is 1. The van der Waals surface area contributed by atoms with Crippen LogP contribution in [0.5, 0.6) is 5.75 Å². The number of aryl methyl sites for hydroxylation is 1. The molecule has 0 atom stereocenters. The lowest BCUT2D eigenvalue weighted by molar-refractivity contribution is 0.310. The monoisotopic (exact) mass is 259 g/mol. The molecule has 0 aliphatic heterocycles. The van der Waals surface area contributed by atoms with Gasteiger partial charge in [0.05, 0.1) is 6.61 Å². The molecular formula is C15H21N3O. The molecule has 0 bridgehead atoms. The van der Waals surface area contributed by atoms with Gasteiger partial charge in [-0.15, -0.1) is 0 Å². The highest BCUT2D eigenvalue weighted by Gasteiger charge is 2.14. The lowest BCUT2D eigenvalue weighted by Crippen LogP contribution is -2.01. The second kappa shape index (κ2) is 6.38. The van der Waals surface area contributed by atoms with Gasteiger partial charge >= 0.3 is 0 Å². The minimum absolute atomic E-state index is 0.473. The van der Waals surface area contributed by atoms with Gasteiger partial charge in [0, 0.05) is 23.4 Å². The van der Waals surface area contributed by atoms with Crippen LogP contribution in [0.3, 0.4) is 0 Å². The van der Waals surface area contributed by atoms with Crippen molar-refractivity contribution in [3.05, 3.63) is 35.5 Å². The molecule has 1 heterocycles. The third kappa shape index (κ3) is 2.96. The number of hydrogen-bond donors (Lipinski definition) is 2. The Kier molecular flexibility index (Phi) is 4.58. The van der Waals surface area contributed by atoms with Crippen molar-refractivity contribution in [2.24, 2.45) is 5.73 Å². The van der Waals surface area contributed by atoms with E-state index in [4.69, 9.17) is 10.5 Å². The Labute approximate surface area is 114 Å². The van der Waals surface area contributed by atoms with Crippen molar-refractivity contribution in [1.82, 2.24) is 10.2 Å². The molecule has 19 heavy (non-hydrogen) atoms. The summed E-state index contributed by atoms with van der Waals surface area (Å²) in [4.78, 5) is 0. The quantitative estimate of drug-likeness (QED) is 0.784. The van der Waals surface area contributed by atoms with E-state index >= 15 is 0 Å². The largest absolute Gasteiger partial charge is 0.493 e. The minimum atomic E-state index is 0.473. The molecule has 0 aliphatic rings. The van der Waals surface area contributed by atoms with Crippen molar-refractivity contribution in [3.8, 4) is 17.0 Å². The molecule has 0 amide bonds. The summed E-state index contributed by atoms with van der Waals surface area (Å²) in [6.07, 6.45) is 2.18. The van der Waals surface area contributed by atoms with Gasteiger partial charge < -0.3 is 10.5 Å². The maximum absolute atomic E-state index is 5.85. The molecule has 0 saturated carbocycles. The molecule has 0 unspecified atom stereocenters. The normalized spacial score (nSPS) is 10.7. The molecule has 0 fully saturated rings. The van der Waals surface area contributed by atoms with Crippen LogP contribution in [0.1, 0.15) is 31.0 Å². The third-order valence-corrected chi connectivity index (χ3v) is 3.18. The van der Waals surface area contributed by atoms with Crippen molar-refractivity contribution >= 4 is 0 Å². The number of unbranched alkanes of at least 4 members (excludes halogenated alkanes) is 1. The first-order valence-corrected chi connectivity index (χ1v) is 6.74. The van der Waals surface area contributed by atoms with Crippen LogP contribution in [-0.4, -0.2) is 16.8 Å². The molecule has 2 aromatic rings. The summed E-state index contributed by atoms with van der Waals surface area (Å²) in [6, 6.07) is 7.98. The van der Waals surface area contributed by atoms with Crippen LogP contribution >= 0.6 is 0 Å². The van der Waals surface area contributed by atoms with Gasteiger partial charge in [0.2, 0.25) is 0 Å². The van der Waals surface area contributed by atoms with Gasteiger partial charge in [0.1, 0.15) is 11.4 Å². The van der Waals surface area contributed by atoms with Crippen LogP contribution in [0.15, 0.2) is 24.3 Å². The number of rotatable bonds is 6. The highest BCUT2D eigenvalue weighted by atomic mass is 16.5. The van der Waals surface area contributed by atoms with Crippen molar-refractivity contribution in [1.29, 1.82) is 0 Å². The van der Waals surface area contributed by atoms with E-state index in [1.54, 1.807) is 0 Å². The smallest absolute Gasteiger partial charge is 0.128 e. The topological polar surface area (TPSA) is 63.9 Å². The molecule has 0 saturated heterocycles. The number of benzene rings is 1. The van der Waals surface area contributed by atoms with Gasteiger partial charge in [-0.05, 0) is 25.5 Å². The van der Waals surface area contributed by atoms with Crippen molar-refractivity contribution < 1.29 is 4.74 Å². The minimum Gasteiger partial charge on any atom is -0.493 e. The van der Waals surface area contributed by atoms with Crippen LogP contribution in [0.4, 0.5) is 0 Å². The Morgan fingerprint density at radius 2 is 2.11 bits per heavy atom. The van der Waals surface area contributed by atoms with Crippen LogP contribution < -0.4 is 10.5 Å². The third-order valence-electron chi connectivity index (χ3n) is 3.18. The molecule has 0 spiro atoms. The van der Waals surface area contributed by atoms with Gasteiger partial charge in [-0.25, -0.2) is 0 Å². The van der Waals surface area contributed by atoms with E-state index in [0.717, 1.165) is 47.7 Å². The maximum Gasteiger partial charge on any atom is 0.128 e. The van der Waals surface area contributed by atoms with Gasteiger partial charge in [0.25, 0.3) is 0 Å². The van der Waals surface area contributed by atoms with Crippen LogP contribution in [0.25, 0.3) is 11.3 Å². The van der Waals surface area contributed by atoms with Crippen LogP contribution in [0, 0.1) is 6.92 Å². The van der Waals surface area contributed by atoms with Gasteiger partial charge in [-0.1, -0.05) is 25.5 Å². The van der Waals surface area contributed by atoms with E-state index in [0.29, 0.717) is 6.54 Å². The highest BCUT2D eigenvalue weighted by molar-refractivity contribution is 5.70. The Balaban J connectivity index is 2.33. The number of aromatic nitrogens is 2. The molecule has 2 rings (SSSR count). The van der Waals surface area contributed by atoms with E-state index < -0.39 is 0 Å². The van der Waals surface area contributed by atoms with E-state index in [1.807, 2.05) is 31.2 Å². The first-order chi connectivity index (χ1) is 9.27. The summed E-state index contributed by atoms with van der Waals surface area (Å²) >= 11 is 0. The van der Waals surface area contributed by atoms with E-state index in [9.17, 15) is 0 Å². The number of nitrogens with zero attached hydrogens (tertiary/aromatic N) is 1. The molecule has 4 heteroatoms. The zero-order chi connectivity index (χ0) is 13.7. The number of nitrogens with two attached hydrogens (primary N) is 1. The van der Waals surface area contributed by atoms with Gasteiger partial charge in [-0.2, -0.15) is 5.10 Å². The molecule has 0 radical (unpaired) electrons. The number of para-hydroxylation sites is 1. The highest BCUT2D eigenvalue weighted by Crippen LogP contribution is 2.31. The lowest BCUT2D eigenvalue weighted by Gasteiger charge is -2.10. The van der Waals surface area contributed by atoms with E-state index in [2.05, 4.69) is 17.1 Å².